The highest BCUT2D eigenvalue weighted by Gasteiger charge is 2.42. The van der Waals surface area contributed by atoms with Crippen LogP contribution in [-0.4, -0.2) is 23.9 Å². The van der Waals surface area contributed by atoms with Gasteiger partial charge in [0.05, 0.1) is 11.3 Å². The van der Waals surface area contributed by atoms with E-state index in [9.17, 15) is 4.79 Å². The van der Waals surface area contributed by atoms with Gasteiger partial charge in [-0.15, -0.1) is 11.6 Å². The van der Waals surface area contributed by atoms with E-state index in [1.54, 1.807) is 0 Å². The summed E-state index contributed by atoms with van der Waals surface area (Å²) >= 11 is 6.61. The van der Waals surface area contributed by atoms with E-state index in [1.165, 1.54) is 0 Å². The van der Waals surface area contributed by atoms with Crippen molar-refractivity contribution in [2.24, 2.45) is 11.8 Å². The molecule has 0 bridgehead atoms. The Bertz CT molecular complexity index is 412. The molecule has 0 radical (unpaired) electrons. The minimum atomic E-state index is -0.207. The fourth-order valence-electron chi connectivity index (χ4n) is 2.61. The Labute approximate surface area is 120 Å². The molecule has 0 aromatic heterocycles. The van der Waals surface area contributed by atoms with Gasteiger partial charge in [-0.05, 0) is 38.2 Å². The normalized spacial score (nSPS) is 17.8. The van der Waals surface area contributed by atoms with Crippen LogP contribution in [0.25, 0.3) is 0 Å². The highest BCUT2D eigenvalue weighted by Crippen LogP contribution is 2.46. The first-order chi connectivity index (χ1) is 9.19. The van der Waals surface area contributed by atoms with Gasteiger partial charge in [0.15, 0.2) is 0 Å². The predicted molar refractivity (Wildman–Crippen MR) is 79.2 cm³/mol. The first-order valence-corrected chi connectivity index (χ1v) is 7.60. The fourth-order valence-corrected chi connectivity index (χ4v) is 3.07. The van der Waals surface area contributed by atoms with E-state index in [0.717, 1.165) is 31.5 Å². The molecule has 1 amide bonds. The van der Waals surface area contributed by atoms with Gasteiger partial charge in [-0.25, -0.2) is 0 Å². The number of nitrogens with zero attached hydrogens (tertiary/aromatic N) is 1. The van der Waals surface area contributed by atoms with Crippen LogP contribution in [0, 0.1) is 11.8 Å². The van der Waals surface area contributed by atoms with Gasteiger partial charge in [0.2, 0.25) is 5.91 Å². The molecule has 3 heteroatoms. The first kappa shape index (κ1) is 14.4. The molecule has 0 N–H and O–H groups in total. The largest absolute Gasteiger partial charge is 0.343 e. The first-order valence-electron chi connectivity index (χ1n) is 7.16. The predicted octanol–water partition coefficient (Wildman–Crippen LogP) is 3.86. The summed E-state index contributed by atoms with van der Waals surface area (Å²) in [6, 6.07) is 9.98. The van der Waals surface area contributed by atoms with Crippen LogP contribution in [0.2, 0.25) is 0 Å². The zero-order valence-corrected chi connectivity index (χ0v) is 12.4. The van der Waals surface area contributed by atoms with Crippen molar-refractivity contribution >= 4 is 17.5 Å². The highest BCUT2D eigenvalue weighted by molar-refractivity contribution is 6.22. The Balaban J connectivity index is 2.18. The van der Waals surface area contributed by atoms with Crippen LogP contribution >= 0.6 is 11.6 Å². The van der Waals surface area contributed by atoms with Crippen LogP contribution in [0.1, 0.15) is 37.6 Å². The standard InChI is InChI=1S/C16H22ClNO/c1-3-18(4-2)16(19)14(12-10-11-12)15(17)13-8-6-5-7-9-13/h5-9,12,14-15H,3-4,10-11H2,1-2H3. The molecule has 2 rings (SSSR count). The van der Waals surface area contributed by atoms with E-state index < -0.39 is 0 Å². The van der Waals surface area contributed by atoms with Crippen LogP contribution in [0.5, 0.6) is 0 Å². The second kappa shape index (κ2) is 6.42. The van der Waals surface area contributed by atoms with E-state index in [1.807, 2.05) is 49.1 Å². The van der Waals surface area contributed by atoms with Crippen LogP contribution < -0.4 is 0 Å². The summed E-state index contributed by atoms with van der Waals surface area (Å²) in [4.78, 5) is 14.5. The van der Waals surface area contributed by atoms with Crippen LogP contribution in [-0.2, 0) is 4.79 Å². The van der Waals surface area contributed by atoms with E-state index in [2.05, 4.69) is 0 Å². The lowest BCUT2D eigenvalue weighted by Gasteiger charge is -2.28. The number of hydrogen-bond acceptors (Lipinski definition) is 1. The summed E-state index contributed by atoms with van der Waals surface area (Å²) in [7, 11) is 0. The zero-order valence-electron chi connectivity index (χ0n) is 11.7. The number of benzene rings is 1. The summed E-state index contributed by atoms with van der Waals surface area (Å²) in [5.41, 5.74) is 1.06. The third-order valence-electron chi connectivity index (χ3n) is 3.92. The van der Waals surface area contributed by atoms with Crippen molar-refractivity contribution in [3.8, 4) is 0 Å². The maximum atomic E-state index is 12.6. The topological polar surface area (TPSA) is 20.3 Å². The molecule has 2 unspecified atom stereocenters. The van der Waals surface area contributed by atoms with Crippen molar-refractivity contribution in [3.05, 3.63) is 35.9 Å². The van der Waals surface area contributed by atoms with Crippen molar-refractivity contribution in [2.45, 2.75) is 32.1 Å². The minimum absolute atomic E-state index is 0.0658. The van der Waals surface area contributed by atoms with Crippen molar-refractivity contribution in [1.82, 2.24) is 4.90 Å². The van der Waals surface area contributed by atoms with Gasteiger partial charge in [-0.2, -0.15) is 0 Å². The average molecular weight is 280 g/mol. The lowest BCUT2D eigenvalue weighted by Crippen LogP contribution is -2.38. The maximum absolute atomic E-state index is 12.6. The molecular formula is C16H22ClNO. The number of amides is 1. The molecule has 1 aromatic rings. The number of carbonyl (C=O) groups is 1. The van der Waals surface area contributed by atoms with Gasteiger partial charge < -0.3 is 4.90 Å². The Kier molecular flexibility index (Phi) is 4.87. The molecule has 0 saturated heterocycles. The fraction of sp³-hybridized carbons (Fsp3) is 0.562. The molecule has 1 aromatic carbocycles. The molecule has 1 aliphatic carbocycles. The van der Waals surface area contributed by atoms with E-state index >= 15 is 0 Å². The monoisotopic (exact) mass is 279 g/mol. The molecule has 1 aliphatic rings. The van der Waals surface area contributed by atoms with Gasteiger partial charge in [-0.1, -0.05) is 30.3 Å². The van der Waals surface area contributed by atoms with Gasteiger partial charge in [0.25, 0.3) is 0 Å². The van der Waals surface area contributed by atoms with E-state index in [4.69, 9.17) is 11.6 Å². The Hall–Kier alpha value is -1.02. The Morgan fingerprint density at radius 1 is 1.26 bits per heavy atom. The number of halogens is 1. The van der Waals surface area contributed by atoms with E-state index in [0.29, 0.717) is 5.92 Å². The summed E-state index contributed by atoms with van der Waals surface area (Å²) < 4.78 is 0. The Morgan fingerprint density at radius 3 is 2.32 bits per heavy atom. The molecule has 2 atom stereocenters. The van der Waals surface area contributed by atoms with Gasteiger partial charge in [-0.3, -0.25) is 4.79 Å². The molecule has 1 saturated carbocycles. The number of carbonyl (C=O) groups excluding carboxylic acids is 1. The van der Waals surface area contributed by atoms with Gasteiger partial charge in [0.1, 0.15) is 0 Å². The summed E-state index contributed by atoms with van der Waals surface area (Å²) in [5, 5.41) is -0.207. The quantitative estimate of drug-likeness (QED) is 0.724. The molecule has 1 fully saturated rings. The number of alkyl halides is 1. The molecular weight excluding hydrogens is 258 g/mol. The lowest BCUT2D eigenvalue weighted by atomic mass is 9.92. The third-order valence-corrected chi connectivity index (χ3v) is 4.45. The van der Waals surface area contributed by atoms with Gasteiger partial charge >= 0.3 is 0 Å². The third kappa shape index (κ3) is 3.30. The molecule has 0 aliphatic heterocycles. The van der Waals surface area contributed by atoms with Crippen LogP contribution in [0.4, 0.5) is 0 Å². The molecule has 104 valence electrons. The van der Waals surface area contributed by atoms with Crippen molar-refractivity contribution in [3.63, 3.8) is 0 Å². The number of rotatable bonds is 6. The minimum Gasteiger partial charge on any atom is -0.343 e. The molecule has 2 nitrogen and oxygen atoms in total. The molecule has 0 spiro atoms. The van der Waals surface area contributed by atoms with E-state index in [-0.39, 0.29) is 17.2 Å². The number of hydrogen-bond donors (Lipinski definition) is 0. The zero-order chi connectivity index (χ0) is 13.8. The maximum Gasteiger partial charge on any atom is 0.227 e. The van der Waals surface area contributed by atoms with Crippen molar-refractivity contribution in [1.29, 1.82) is 0 Å². The second-order valence-electron chi connectivity index (χ2n) is 5.19. The second-order valence-corrected chi connectivity index (χ2v) is 5.66. The highest BCUT2D eigenvalue weighted by atomic mass is 35.5. The Morgan fingerprint density at radius 2 is 1.84 bits per heavy atom. The summed E-state index contributed by atoms with van der Waals surface area (Å²) in [6.45, 7) is 5.57. The van der Waals surface area contributed by atoms with Crippen molar-refractivity contribution in [2.75, 3.05) is 13.1 Å². The smallest absolute Gasteiger partial charge is 0.227 e. The lowest BCUT2D eigenvalue weighted by molar-refractivity contribution is -0.136. The summed E-state index contributed by atoms with van der Waals surface area (Å²) in [5.74, 6) is 0.621. The average Bonchev–Trinajstić information content (AvgIpc) is 3.26. The van der Waals surface area contributed by atoms with Gasteiger partial charge in [0, 0.05) is 13.1 Å². The summed E-state index contributed by atoms with van der Waals surface area (Å²) in [6.07, 6.45) is 2.27. The molecule has 19 heavy (non-hydrogen) atoms. The van der Waals surface area contributed by atoms with Crippen LogP contribution in [0.15, 0.2) is 30.3 Å². The van der Waals surface area contributed by atoms with Crippen LogP contribution in [0.3, 0.4) is 0 Å². The molecule has 0 heterocycles. The van der Waals surface area contributed by atoms with Crippen molar-refractivity contribution < 1.29 is 4.79 Å². The SMILES string of the molecule is CCN(CC)C(=O)C(C1CC1)C(Cl)c1ccccc1.